The third-order valence-electron chi connectivity index (χ3n) is 3.42. The highest BCUT2D eigenvalue weighted by atomic mass is 16.5. The molecule has 0 aromatic rings. The van der Waals surface area contributed by atoms with Crippen molar-refractivity contribution < 1.29 is 9.47 Å². The van der Waals surface area contributed by atoms with Gasteiger partial charge in [-0.2, -0.15) is 5.26 Å². The fraction of sp³-hybridized carbons (Fsp3) is 0.929. The first-order valence-corrected chi connectivity index (χ1v) is 7.05. The second-order valence-corrected chi connectivity index (χ2v) is 5.05. The second-order valence-electron chi connectivity index (χ2n) is 5.05. The summed E-state index contributed by atoms with van der Waals surface area (Å²) in [6.07, 6.45) is 4.09. The molecule has 104 valence electrons. The molecule has 0 spiro atoms. The van der Waals surface area contributed by atoms with E-state index in [4.69, 9.17) is 9.47 Å². The Kier molecular flexibility index (Phi) is 6.62. The maximum atomic E-state index is 9.37. The summed E-state index contributed by atoms with van der Waals surface area (Å²) in [4.78, 5) is 0. The molecule has 0 saturated heterocycles. The van der Waals surface area contributed by atoms with Gasteiger partial charge in [0.2, 0.25) is 0 Å². The normalized spacial score (nSPS) is 29.8. The third kappa shape index (κ3) is 4.56. The molecule has 4 nitrogen and oxygen atoms in total. The van der Waals surface area contributed by atoms with Crippen LogP contribution in [0.15, 0.2) is 0 Å². The minimum absolute atomic E-state index is 0.103. The summed E-state index contributed by atoms with van der Waals surface area (Å²) in [6, 6.07) is 2.44. The van der Waals surface area contributed by atoms with Crippen molar-refractivity contribution in [2.24, 2.45) is 0 Å². The number of ether oxygens (including phenoxy) is 2. The van der Waals surface area contributed by atoms with Gasteiger partial charge in [0.05, 0.1) is 24.9 Å². The molecule has 1 aliphatic rings. The van der Waals surface area contributed by atoms with Gasteiger partial charge in [-0.3, -0.25) is 5.32 Å². The monoisotopic (exact) mass is 254 g/mol. The average molecular weight is 254 g/mol. The van der Waals surface area contributed by atoms with E-state index in [0.29, 0.717) is 6.61 Å². The highest BCUT2D eigenvalue weighted by molar-refractivity contribution is 5.10. The predicted molar refractivity (Wildman–Crippen MR) is 71.3 cm³/mol. The molecule has 0 heterocycles. The van der Waals surface area contributed by atoms with Crippen LogP contribution in [0.1, 0.15) is 46.5 Å². The molecule has 4 heteroatoms. The molecule has 1 aliphatic carbocycles. The number of nitrogens with one attached hydrogen (secondary N) is 1. The van der Waals surface area contributed by atoms with Crippen molar-refractivity contribution in [1.82, 2.24) is 5.32 Å². The molecule has 0 aromatic heterocycles. The molecular formula is C14H26N2O2. The average Bonchev–Trinajstić information content (AvgIpc) is 2.37. The van der Waals surface area contributed by atoms with Gasteiger partial charge in [-0.1, -0.05) is 6.92 Å². The molecule has 1 fully saturated rings. The van der Waals surface area contributed by atoms with Crippen molar-refractivity contribution in [2.75, 3.05) is 19.8 Å². The van der Waals surface area contributed by atoms with E-state index >= 15 is 0 Å². The summed E-state index contributed by atoms with van der Waals surface area (Å²) in [6.45, 7) is 8.24. The van der Waals surface area contributed by atoms with Crippen LogP contribution in [0.5, 0.6) is 0 Å². The molecular weight excluding hydrogens is 228 g/mol. The Balaban J connectivity index is 2.45. The summed E-state index contributed by atoms with van der Waals surface area (Å²) in [5, 5.41) is 12.7. The minimum atomic E-state index is -0.386. The van der Waals surface area contributed by atoms with E-state index in [0.717, 1.165) is 38.8 Å². The van der Waals surface area contributed by atoms with Crippen LogP contribution in [0.3, 0.4) is 0 Å². The number of hydrogen-bond donors (Lipinski definition) is 1. The topological polar surface area (TPSA) is 54.3 Å². The Morgan fingerprint density at radius 1 is 1.50 bits per heavy atom. The number of rotatable bonds is 7. The number of hydrogen-bond acceptors (Lipinski definition) is 4. The molecule has 0 bridgehead atoms. The second kappa shape index (κ2) is 7.73. The van der Waals surface area contributed by atoms with Crippen LogP contribution in [-0.2, 0) is 9.47 Å². The van der Waals surface area contributed by atoms with Gasteiger partial charge < -0.3 is 9.47 Å². The van der Waals surface area contributed by atoms with Crippen molar-refractivity contribution in [3.63, 3.8) is 0 Å². The Hall–Kier alpha value is -0.630. The predicted octanol–water partition coefficient (Wildman–Crippen LogP) is 2.24. The van der Waals surface area contributed by atoms with E-state index in [1.165, 1.54) is 0 Å². The molecule has 0 radical (unpaired) electrons. The summed E-state index contributed by atoms with van der Waals surface area (Å²) >= 11 is 0. The van der Waals surface area contributed by atoms with Crippen molar-refractivity contribution in [2.45, 2.75) is 64.2 Å². The first kappa shape index (κ1) is 15.4. The summed E-state index contributed by atoms with van der Waals surface area (Å²) in [5.41, 5.74) is -0.386. The first-order chi connectivity index (χ1) is 8.65. The third-order valence-corrected chi connectivity index (χ3v) is 3.42. The highest BCUT2D eigenvalue weighted by Gasteiger charge is 2.36. The van der Waals surface area contributed by atoms with Crippen molar-refractivity contribution in [1.29, 1.82) is 5.26 Å². The lowest BCUT2D eigenvalue weighted by Gasteiger charge is -2.37. The van der Waals surface area contributed by atoms with E-state index in [9.17, 15) is 5.26 Å². The molecule has 3 atom stereocenters. The van der Waals surface area contributed by atoms with Gasteiger partial charge >= 0.3 is 0 Å². The van der Waals surface area contributed by atoms with Gasteiger partial charge in [-0.25, -0.2) is 0 Å². The van der Waals surface area contributed by atoms with Gasteiger partial charge in [-0.05, 0) is 39.7 Å². The van der Waals surface area contributed by atoms with Gasteiger partial charge in [0.1, 0.15) is 5.54 Å². The van der Waals surface area contributed by atoms with Crippen LogP contribution in [-0.4, -0.2) is 37.5 Å². The summed E-state index contributed by atoms with van der Waals surface area (Å²) in [7, 11) is 0. The van der Waals surface area contributed by atoms with E-state index in [-0.39, 0.29) is 17.7 Å². The van der Waals surface area contributed by atoms with Crippen LogP contribution in [0, 0.1) is 11.3 Å². The van der Waals surface area contributed by atoms with Crippen molar-refractivity contribution >= 4 is 0 Å². The summed E-state index contributed by atoms with van der Waals surface area (Å²) < 4.78 is 11.3. The van der Waals surface area contributed by atoms with E-state index < -0.39 is 0 Å². The van der Waals surface area contributed by atoms with Gasteiger partial charge in [0, 0.05) is 13.0 Å². The zero-order valence-electron chi connectivity index (χ0n) is 11.9. The van der Waals surface area contributed by atoms with Crippen molar-refractivity contribution in [3.05, 3.63) is 0 Å². The highest BCUT2D eigenvalue weighted by Crippen LogP contribution is 2.30. The van der Waals surface area contributed by atoms with Crippen LogP contribution in [0.25, 0.3) is 0 Å². The maximum Gasteiger partial charge on any atom is 0.109 e. The molecule has 1 rings (SSSR count). The fourth-order valence-corrected chi connectivity index (χ4v) is 2.63. The largest absolute Gasteiger partial charge is 0.379 e. The molecule has 0 aliphatic heterocycles. The lowest BCUT2D eigenvalue weighted by atomic mass is 9.81. The van der Waals surface area contributed by atoms with Gasteiger partial charge in [-0.15, -0.1) is 0 Å². The Morgan fingerprint density at radius 3 is 2.89 bits per heavy atom. The quantitative estimate of drug-likeness (QED) is 0.757. The maximum absolute atomic E-state index is 9.37. The lowest BCUT2D eigenvalue weighted by molar-refractivity contribution is -0.0670. The SMILES string of the molecule is CCNC1(C#N)CCCC(OC(C)COCC)C1. The van der Waals surface area contributed by atoms with Crippen LogP contribution >= 0.6 is 0 Å². The molecule has 18 heavy (non-hydrogen) atoms. The van der Waals surface area contributed by atoms with E-state index in [2.05, 4.69) is 11.4 Å². The first-order valence-electron chi connectivity index (χ1n) is 7.05. The molecule has 1 N–H and O–H groups in total. The van der Waals surface area contributed by atoms with Gasteiger partial charge in [0.25, 0.3) is 0 Å². The van der Waals surface area contributed by atoms with Crippen LogP contribution in [0.4, 0.5) is 0 Å². The van der Waals surface area contributed by atoms with E-state index in [1.54, 1.807) is 0 Å². The molecule has 0 amide bonds. The lowest BCUT2D eigenvalue weighted by Crippen LogP contribution is -2.49. The molecule has 1 saturated carbocycles. The van der Waals surface area contributed by atoms with Crippen LogP contribution < -0.4 is 5.32 Å². The molecule has 0 aromatic carbocycles. The molecule has 3 unspecified atom stereocenters. The Morgan fingerprint density at radius 2 is 2.28 bits per heavy atom. The number of nitrogens with zero attached hydrogens (tertiary/aromatic N) is 1. The smallest absolute Gasteiger partial charge is 0.109 e. The zero-order valence-corrected chi connectivity index (χ0v) is 11.9. The standard InChI is InChI=1S/C14H26N2O2/c1-4-16-14(11-15)8-6-7-13(9-14)18-12(3)10-17-5-2/h12-13,16H,4-10H2,1-3H3. The number of nitriles is 1. The Labute approximate surface area is 111 Å². The zero-order chi connectivity index (χ0) is 13.4. The Bertz CT molecular complexity index is 273. The summed E-state index contributed by atoms with van der Waals surface area (Å²) in [5.74, 6) is 0. The minimum Gasteiger partial charge on any atom is -0.379 e. The fourth-order valence-electron chi connectivity index (χ4n) is 2.63. The van der Waals surface area contributed by atoms with Crippen molar-refractivity contribution in [3.8, 4) is 6.07 Å². The van der Waals surface area contributed by atoms with Gasteiger partial charge in [0.15, 0.2) is 0 Å². The van der Waals surface area contributed by atoms with E-state index in [1.807, 2.05) is 20.8 Å². The van der Waals surface area contributed by atoms with Crippen LogP contribution in [0.2, 0.25) is 0 Å².